The molecule has 0 bridgehead atoms. The molecule has 0 aliphatic heterocycles. The van der Waals surface area contributed by atoms with Gasteiger partial charge in [-0.25, -0.2) is 0 Å². The Morgan fingerprint density at radius 1 is 1.17 bits per heavy atom. The number of rotatable bonds is 3. The standard InChI is InChI=1S/C17H25N/c1-14-6-5-7-15(10-14)17(13-18-2)11-16(12-17)8-3-4-9-16/h5-7,10,18H,3-4,8-9,11-13H2,1-2H3. The molecule has 98 valence electrons. The van der Waals surface area contributed by atoms with Crippen molar-refractivity contribution in [2.45, 2.75) is 50.9 Å². The van der Waals surface area contributed by atoms with Crippen LogP contribution in [-0.4, -0.2) is 13.6 Å². The molecule has 3 rings (SSSR count). The minimum absolute atomic E-state index is 0.422. The zero-order valence-corrected chi connectivity index (χ0v) is 11.8. The Morgan fingerprint density at radius 2 is 1.89 bits per heavy atom. The van der Waals surface area contributed by atoms with Crippen molar-refractivity contribution in [2.75, 3.05) is 13.6 Å². The van der Waals surface area contributed by atoms with Gasteiger partial charge in [0.05, 0.1) is 0 Å². The predicted octanol–water partition coefficient (Wildman–Crippen LogP) is 3.81. The van der Waals surface area contributed by atoms with Crippen molar-refractivity contribution < 1.29 is 0 Å². The van der Waals surface area contributed by atoms with Crippen LogP contribution in [0, 0.1) is 12.3 Å². The fourth-order valence-electron chi connectivity index (χ4n) is 4.61. The van der Waals surface area contributed by atoms with Gasteiger partial charge in [0.25, 0.3) is 0 Å². The van der Waals surface area contributed by atoms with Crippen LogP contribution >= 0.6 is 0 Å². The van der Waals surface area contributed by atoms with Crippen LogP contribution in [0.5, 0.6) is 0 Å². The molecule has 1 spiro atoms. The highest BCUT2D eigenvalue weighted by molar-refractivity contribution is 5.34. The van der Waals surface area contributed by atoms with Gasteiger partial charge in [-0.2, -0.15) is 0 Å². The van der Waals surface area contributed by atoms with E-state index in [0.29, 0.717) is 10.8 Å². The third-order valence-electron chi connectivity index (χ3n) is 5.24. The van der Waals surface area contributed by atoms with E-state index in [9.17, 15) is 0 Å². The zero-order chi connectivity index (χ0) is 12.6. The maximum absolute atomic E-state index is 3.43. The quantitative estimate of drug-likeness (QED) is 0.851. The second-order valence-corrected chi connectivity index (χ2v) is 6.74. The Kier molecular flexibility index (Phi) is 2.97. The first-order valence-electron chi connectivity index (χ1n) is 7.40. The Balaban J connectivity index is 1.85. The Hall–Kier alpha value is -0.820. The molecule has 1 N–H and O–H groups in total. The Morgan fingerprint density at radius 3 is 2.50 bits per heavy atom. The normalized spacial score (nSPS) is 24.1. The smallest absolute Gasteiger partial charge is 0.00883 e. The summed E-state index contributed by atoms with van der Waals surface area (Å²) in [5.41, 5.74) is 4.09. The first-order chi connectivity index (χ1) is 8.68. The third-order valence-corrected chi connectivity index (χ3v) is 5.24. The number of aryl methyl sites for hydroxylation is 1. The zero-order valence-electron chi connectivity index (χ0n) is 11.8. The maximum Gasteiger partial charge on any atom is 0.00883 e. The fraction of sp³-hybridized carbons (Fsp3) is 0.647. The van der Waals surface area contributed by atoms with Crippen molar-refractivity contribution in [1.82, 2.24) is 5.32 Å². The topological polar surface area (TPSA) is 12.0 Å². The summed E-state index contributed by atoms with van der Waals surface area (Å²) >= 11 is 0. The van der Waals surface area contributed by atoms with Gasteiger partial charge >= 0.3 is 0 Å². The molecule has 1 aromatic carbocycles. The molecule has 0 radical (unpaired) electrons. The highest BCUT2D eigenvalue weighted by Gasteiger charge is 2.55. The molecule has 2 aliphatic rings. The fourth-order valence-corrected chi connectivity index (χ4v) is 4.61. The molecule has 2 saturated carbocycles. The summed E-state index contributed by atoms with van der Waals surface area (Å²) < 4.78 is 0. The number of hydrogen-bond donors (Lipinski definition) is 1. The van der Waals surface area contributed by atoms with E-state index in [1.165, 1.54) is 44.1 Å². The van der Waals surface area contributed by atoms with Gasteiger partial charge in [-0.05, 0) is 50.6 Å². The molecule has 0 saturated heterocycles. The van der Waals surface area contributed by atoms with E-state index in [4.69, 9.17) is 0 Å². The van der Waals surface area contributed by atoms with Gasteiger partial charge in [-0.3, -0.25) is 0 Å². The largest absolute Gasteiger partial charge is 0.319 e. The molecular weight excluding hydrogens is 218 g/mol. The molecule has 0 heterocycles. The number of hydrogen-bond acceptors (Lipinski definition) is 1. The van der Waals surface area contributed by atoms with Gasteiger partial charge in [-0.1, -0.05) is 42.7 Å². The van der Waals surface area contributed by atoms with Crippen molar-refractivity contribution in [1.29, 1.82) is 0 Å². The monoisotopic (exact) mass is 243 g/mol. The average Bonchev–Trinajstić information content (AvgIpc) is 2.77. The van der Waals surface area contributed by atoms with Crippen LogP contribution in [0.1, 0.15) is 49.7 Å². The first-order valence-corrected chi connectivity index (χ1v) is 7.40. The summed E-state index contributed by atoms with van der Waals surface area (Å²) in [7, 11) is 2.09. The summed E-state index contributed by atoms with van der Waals surface area (Å²) in [5.74, 6) is 0. The Bertz CT molecular complexity index is 421. The summed E-state index contributed by atoms with van der Waals surface area (Å²) in [5, 5.41) is 3.43. The first kappa shape index (κ1) is 12.2. The van der Waals surface area contributed by atoms with Crippen LogP contribution in [0.3, 0.4) is 0 Å². The van der Waals surface area contributed by atoms with Gasteiger partial charge < -0.3 is 5.32 Å². The lowest BCUT2D eigenvalue weighted by Crippen LogP contribution is -2.53. The summed E-state index contributed by atoms with van der Waals surface area (Å²) in [6.07, 6.45) is 8.69. The van der Waals surface area contributed by atoms with Crippen LogP contribution in [0.2, 0.25) is 0 Å². The van der Waals surface area contributed by atoms with E-state index in [1.807, 2.05) is 0 Å². The second-order valence-electron chi connectivity index (χ2n) is 6.74. The molecule has 1 aromatic rings. The number of likely N-dealkylation sites (N-methyl/N-ethyl adjacent to an activating group) is 1. The molecule has 0 unspecified atom stereocenters. The highest BCUT2D eigenvalue weighted by atomic mass is 14.8. The summed E-state index contributed by atoms with van der Waals surface area (Å²) in [6, 6.07) is 9.17. The molecule has 1 heteroatoms. The van der Waals surface area contributed by atoms with Gasteiger partial charge in [0.1, 0.15) is 0 Å². The predicted molar refractivity (Wildman–Crippen MR) is 76.9 cm³/mol. The van der Waals surface area contributed by atoms with Crippen LogP contribution in [-0.2, 0) is 5.41 Å². The van der Waals surface area contributed by atoms with Crippen molar-refractivity contribution in [3.63, 3.8) is 0 Å². The van der Waals surface area contributed by atoms with E-state index < -0.39 is 0 Å². The summed E-state index contributed by atoms with van der Waals surface area (Å²) in [4.78, 5) is 0. The molecule has 0 atom stereocenters. The van der Waals surface area contributed by atoms with Crippen LogP contribution in [0.15, 0.2) is 24.3 Å². The van der Waals surface area contributed by atoms with Gasteiger partial charge in [0.15, 0.2) is 0 Å². The van der Waals surface area contributed by atoms with E-state index >= 15 is 0 Å². The Labute approximate surface area is 111 Å². The molecule has 1 nitrogen and oxygen atoms in total. The van der Waals surface area contributed by atoms with E-state index in [0.717, 1.165) is 6.54 Å². The minimum Gasteiger partial charge on any atom is -0.319 e. The lowest BCUT2D eigenvalue weighted by molar-refractivity contribution is 0.0282. The highest BCUT2D eigenvalue weighted by Crippen LogP contribution is 2.62. The molecule has 2 aliphatic carbocycles. The van der Waals surface area contributed by atoms with Crippen molar-refractivity contribution in [3.05, 3.63) is 35.4 Å². The minimum atomic E-state index is 0.422. The number of benzene rings is 1. The average molecular weight is 243 g/mol. The van der Waals surface area contributed by atoms with Gasteiger partial charge in [0, 0.05) is 12.0 Å². The van der Waals surface area contributed by atoms with E-state index in [1.54, 1.807) is 5.56 Å². The lowest BCUT2D eigenvalue weighted by Gasteiger charge is -2.56. The molecule has 2 fully saturated rings. The molecular formula is C17H25N. The molecule has 18 heavy (non-hydrogen) atoms. The van der Waals surface area contributed by atoms with Crippen molar-refractivity contribution >= 4 is 0 Å². The van der Waals surface area contributed by atoms with Crippen LogP contribution < -0.4 is 5.32 Å². The van der Waals surface area contributed by atoms with Crippen molar-refractivity contribution in [2.24, 2.45) is 5.41 Å². The lowest BCUT2D eigenvalue weighted by atomic mass is 9.49. The van der Waals surface area contributed by atoms with Crippen molar-refractivity contribution in [3.8, 4) is 0 Å². The molecule has 0 amide bonds. The second kappa shape index (κ2) is 4.38. The summed E-state index contributed by atoms with van der Waals surface area (Å²) in [6.45, 7) is 3.35. The van der Waals surface area contributed by atoms with Crippen LogP contribution in [0.4, 0.5) is 0 Å². The maximum atomic E-state index is 3.43. The number of nitrogens with one attached hydrogen (secondary N) is 1. The van der Waals surface area contributed by atoms with Gasteiger partial charge in [-0.15, -0.1) is 0 Å². The van der Waals surface area contributed by atoms with E-state index in [2.05, 4.69) is 43.6 Å². The van der Waals surface area contributed by atoms with E-state index in [-0.39, 0.29) is 0 Å². The molecule has 0 aromatic heterocycles. The SMILES string of the molecule is CNCC1(c2cccc(C)c2)CC2(CCCC2)C1. The van der Waals surface area contributed by atoms with Crippen LogP contribution in [0.25, 0.3) is 0 Å². The third kappa shape index (κ3) is 1.89. The van der Waals surface area contributed by atoms with Gasteiger partial charge in [0.2, 0.25) is 0 Å².